The van der Waals surface area contributed by atoms with E-state index in [2.05, 4.69) is 10.3 Å². The van der Waals surface area contributed by atoms with Gasteiger partial charge in [-0.1, -0.05) is 19.3 Å². The van der Waals surface area contributed by atoms with Crippen LogP contribution in [0.25, 0.3) is 11.0 Å². The number of rotatable bonds is 4. The van der Waals surface area contributed by atoms with E-state index in [1.807, 2.05) is 6.92 Å². The summed E-state index contributed by atoms with van der Waals surface area (Å²) in [5.41, 5.74) is 1.02. The van der Waals surface area contributed by atoms with Crippen molar-refractivity contribution in [2.75, 3.05) is 13.1 Å². The molecule has 4 rings (SSSR count). The van der Waals surface area contributed by atoms with Crippen molar-refractivity contribution in [1.29, 1.82) is 0 Å². The van der Waals surface area contributed by atoms with Crippen LogP contribution in [-0.4, -0.2) is 45.4 Å². The third kappa shape index (κ3) is 4.18. The van der Waals surface area contributed by atoms with Gasteiger partial charge in [-0.15, -0.1) is 0 Å². The lowest BCUT2D eigenvalue weighted by atomic mass is 9.95. The van der Waals surface area contributed by atoms with Gasteiger partial charge in [-0.25, -0.2) is 4.98 Å². The molecule has 7 nitrogen and oxygen atoms in total. The van der Waals surface area contributed by atoms with Crippen LogP contribution in [0.2, 0.25) is 0 Å². The molecule has 1 saturated heterocycles. The standard InChI is InChI=1S/C22H28N4O3/c1-15-9-10-17-20(28)18(22(29)25-11-5-6-12-25)13-26(21(17)23-15)14-19(27)24-16-7-3-2-4-8-16/h9-10,13,16H,2-8,11-12,14H2,1H3,(H,24,27). The molecule has 29 heavy (non-hydrogen) atoms. The molecular weight excluding hydrogens is 368 g/mol. The largest absolute Gasteiger partial charge is 0.352 e. The Morgan fingerprint density at radius 1 is 1.10 bits per heavy atom. The van der Waals surface area contributed by atoms with Crippen molar-refractivity contribution in [1.82, 2.24) is 19.8 Å². The first-order chi connectivity index (χ1) is 14.0. The van der Waals surface area contributed by atoms with Gasteiger partial charge in [0.05, 0.1) is 5.39 Å². The van der Waals surface area contributed by atoms with Gasteiger partial charge in [-0.3, -0.25) is 14.4 Å². The molecule has 0 atom stereocenters. The predicted molar refractivity (Wildman–Crippen MR) is 111 cm³/mol. The van der Waals surface area contributed by atoms with Crippen molar-refractivity contribution in [3.8, 4) is 0 Å². The van der Waals surface area contributed by atoms with Crippen LogP contribution in [0, 0.1) is 6.92 Å². The summed E-state index contributed by atoms with van der Waals surface area (Å²) in [6.07, 6.45) is 8.96. The highest BCUT2D eigenvalue weighted by molar-refractivity contribution is 5.97. The van der Waals surface area contributed by atoms with E-state index in [0.29, 0.717) is 24.1 Å². The van der Waals surface area contributed by atoms with Crippen molar-refractivity contribution in [3.63, 3.8) is 0 Å². The second-order valence-electron chi connectivity index (χ2n) is 8.23. The zero-order valence-corrected chi connectivity index (χ0v) is 16.9. The molecule has 2 aromatic heterocycles. The quantitative estimate of drug-likeness (QED) is 0.860. The summed E-state index contributed by atoms with van der Waals surface area (Å²) in [5, 5.41) is 3.48. The van der Waals surface area contributed by atoms with Gasteiger partial charge >= 0.3 is 0 Å². The molecule has 0 bridgehead atoms. The third-order valence-electron chi connectivity index (χ3n) is 5.97. The molecule has 1 N–H and O–H groups in total. The van der Waals surface area contributed by atoms with E-state index < -0.39 is 0 Å². The summed E-state index contributed by atoms with van der Waals surface area (Å²) < 4.78 is 1.66. The van der Waals surface area contributed by atoms with Gasteiger partial charge in [-0.05, 0) is 44.7 Å². The summed E-state index contributed by atoms with van der Waals surface area (Å²) in [5.74, 6) is -0.360. The third-order valence-corrected chi connectivity index (χ3v) is 5.97. The van der Waals surface area contributed by atoms with E-state index in [1.165, 1.54) is 12.6 Å². The zero-order chi connectivity index (χ0) is 20.4. The number of amides is 2. The molecule has 2 amide bonds. The molecule has 154 valence electrons. The highest BCUT2D eigenvalue weighted by Gasteiger charge is 2.24. The second kappa shape index (κ2) is 8.35. The number of pyridine rings is 2. The first-order valence-electron chi connectivity index (χ1n) is 10.6. The van der Waals surface area contributed by atoms with Gasteiger partial charge in [0.1, 0.15) is 17.8 Å². The van der Waals surface area contributed by atoms with Gasteiger partial charge < -0.3 is 14.8 Å². The molecule has 7 heteroatoms. The number of aromatic nitrogens is 2. The van der Waals surface area contributed by atoms with Gasteiger partial charge in [0, 0.05) is 31.0 Å². The average Bonchev–Trinajstić information content (AvgIpc) is 3.25. The highest BCUT2D eigenvalue weighted by Crippen LogP contribution is 2.18. The SMILES string of the molecule is Cc1ccc2c(=O)c(C(=O)N3CCCC3)cn(CC(=O)NC3CCCCC3)c2n1. The lowest BCUT2D eigenvalue weighted by Gasteiger charge is -2.23. The number of nitrogens with one attached hydrogen (secondary N) is 1. The van der Waals surface area contributed by atoms with Crippen molar-refractivity contribution in [3.05, 3.63) is 39.8 Å². The van der Waals surface area contributed by atoms with Crippen LogP contribution >= 0.6 is 0 Å². The summed E-state index contributed by atoms with van der Waals surface area (Å²) >= 11 is 0. The smallest absolute Gasteiger partial charge is 0.259 e. The Hall–Kier alpha value is -2.70. The molecule has 1 aliphatic carbocycles. The number of carbonyl (C=O) groups excluding carboxylic acids is 2. The molecule has 0 spiro atoms. The van der Waals surface area contributed by atoms with Gasteiger partial charge in [-0.2, -0.15) is 0 Å². The van der Waals surface area contributed by atoms with Gasteiger partial charge in [0.15, 0.2) is 0 Å². The maximum absolute atomic E-state index is 13.0. The van der Waals surface area contributed by atoms with Crippen LogP contribution in [0.4, 0.5) is 0 Å². The minimum Gasteiger partial charge on any atom is -0.352 e. The first-order valence-corrected chi connectivity index (χ1v) is 10.6. The topological polar surface area (TPSA) is 84.3 Å². The fraction of sp³-hybridized carbons (Fsp3) is 0.545. The van der Waals surface area contributed by atoms with Crippen LogP contribution < -0.4 is 10.7 Å². The minimum absolute atomic E-state index is 0.0456. The molecule has 0 unspecified atom stereocenters. The van der Waals surface area contributed by atoms with E-state index in [1.54, 1.807) is 21.6 Å². The van der Waals surface area contributed by atoms with E-state index in [9.17, 15) is 14.4 Å². The Morgan fingerprint density at radius 2 is 1.83 bits per heavy atom. The van der Waals surface area contributed by atoms with Crippen LogP contribution in [0.5, 0.6) is 0 Å². The second-order valence-corrected chi connectivity index (χ2v) is 8.23. The number of aryl methyl sites for hydroxylation is 1. The first kappa shape index (κ1) is 19.6. The van der Waals surface area contributed by atoms with Crippen LogP contribution in [-0.2, 0) is 11.3 Å². The predicted octanol–water partition coefficient (Wildman–Crippen LogP) is 2.39. The van der Waals surface area contributed by atoms with Crippen molar-refractivity contribution in [2.45, 2.75) is 64.5 Å². The molecule has 0 aromatic carbocycles. The Morgan fingerprint density at radius 3 is 2.55 bits per heavy atom. The monoisotopic (exact) mass is 396 g/mol. The van der Waals surface area contributed by atoms with Gasteiger partial charge in [0.2, 0.25) is 11.3 Å². The molecule has 3 heterocycles. The fourth-order valence-electron chi connectivity index (χ4n) is 4.40. The zero-order valence-electron chi connectivity index (χ0n) is 16.9. The lowest BCUT2D eigenvalue weighted by Crippen LogP contribution is -2.39. The average molecular weight is 396 g/mol. The Bertz CT molecular complexity index is 985. The maximum Gasteiger partial charge on any atom is 0.259 e. The Labute approximate surface area is 170 Å². The van der Waals surface area contributed by atoms with Crippen LogP contribution in [0.3, 0.4) is 0 Å². The van der Waals surface area contributed by atoms with Crippen LogP contribution in [0.15, 0.2) is 23.1 Å². The van der Waals surface area contributed by atoms with Crippen molar-refractivity contribution in [2.24, 2.45) is 0 Å². The molecule has 1 saturated carbocycles. The lowest BCUT2D eigenvalue weighted by molar-refractivity contribution is -0.122. The molecular formula is C22H28N4O3. The summed E-state index contributed by atoms with van der Waals surface area (Å²) in [7, 11) is 0. The number of fused-ring (bicyclic) bond motifs is 1. The number of hydrogen-bond donors (Lipinski definition) is 1. The van der Waals surface area contributed by atoms with E-state index in [-0.39, 0.29) is 35.4 Å². The maximum atomic E-state index is 13.0. The molecule has 0 radical (unpaired) electrons. The van der Waals surface area contributed by atoms with E-state index in [0.717, 1.165) is 44.2 Å². The fourth-order valence-corrected chi connectivity index (χ4v) is 4.40. The van der Waals surface area contributed by atoms with Gasteiger partial charge in [0.25, 0.3) is 5.91 Å². The summed E-state index contributed by atoms with van der Waals surface area (Å²) in [6.45, 7) is 3.24. The van der Waals surface area contributed by atoms with Crippen LogP contribution in [0.1, 0.15) is 61.0 Å². The molecule has 2 aromatic rings. The Balaban J connectivity index is 1.68. The number of nitrogens with zero attached hydrogens (tertiary/aromatic N) is 3. The van der Waals surface area contributed by atoms with Crippen molar-refractivity contribution < 1.29 is 9.59 Å². The number of hydrogen-bond acceptors (Lipinski definition) is 4. The molecule has 2 fully saturated rings. The van der Waals surface area contributed by atoms with E-state index >= 15 is 0 Å². The molecule has 2 aliphatic rings. The number of likely N-dealkylation sites (tertiary alicyclic amines) is 1. The highest BCUT2D eigenvalue weighted by atomic mass is 16.2. The Kier molecular flexibility index (Phi) is 5.65. The van der Waals surface area contributed by atoms with Crippen molar-refractivity contribution >= 4 is 22.8 Å². The number of carbonyl (C=O) groups is 2. The summed E-state index contributed by atoms with van der Waals surface area (Å²) in [4.78, 5) is 44.8. The van der Waals surface area contributed by atoms with E-state index in [4.69, 9.17) is 0 Å². The normalized spacial score (nSPS) is 17.6. The molecule has 1 aliphatic heterocycles. The summed E-state index contributed by atoms with van der Waals surface area (Å²) in [6, 6.07) is 3.68. The minimum atomic E-state index is -0.312.